The van der Waals surface area contributed by atoms with Crippen LogP contribution in [0.1, 0.15) is 22.8 Å². The molecule has 0 spiro atoms. The van der Waals surface area contributed by atoms with Crippen molar-refractivity contribution < 1.29 is 9.53 Å². The number of benzene rings is 2. The number of rotatable bonds is 8. The lowest BCUT2D eigenvalue weighted by Crippen LogP contribution is -2.48. The summed E-state index contributed by atoms with van der Waals surface area (Å²) < 4.78 is 5.40. The van der Waals surface area contributed by atoms with E-state index in [1.165, 1.54) is 5.56 Å². The van der Waals surface area contributed by atoms with E-state index in [0.717, 1.165) is 45.0 Å². The Labute approximate surface area is 161 Å². The van der Waals surface area contributed by atoms with Crippen molar-refractivity contribution in [3.05, 3.63) is 65.7 Å². The summed E-state index contributed by atoms with van der Waals surface area (Å²) >= 11 is 0. The first kappa shape index (κ1) is 19.4. The van der Waals surface area contributed by atoms with Gasteiger partial charge in [-0.1, -0.05) is 30.3 Å². The van der Waals surface area contributed by atoms with Gasteiger partial charge in [0.15, 0.2) is 0 Å². The van der Waals surface area contributed by atoms with Crippen LogP contribution in [0, 0.1) is 0 Å². The molecule has 0 bridgehead atoms. The second kappa shape index (κ2) is 10.1. The van der Waals surface area contributed by atoms with Gasteiger partial charge in [-0.05, 0) is 36.8 Å². The molecule has 1 aliphatic rings. The average molecular weight is 367 g/mol. The molecule has 27 heavy (non-hydrogen) atoms. The maximum absolute atomic E-state index is 12.2. The highest BCUT2D eigenvalue weighted by molar-refractivity contribution is 5.94. The first-order valence-corrected chi connectivity index (χ1v) is 9.74. The molecule has 0 aliphatic carbocycles. The van der Waals surface area contributed by atoms with Crippen molar-refractivity contribution in [2.45, 2.75) is 13.5 Å². The topological polar surface area (TPSA) is 44.8 Å². The Bertz CT molecular complexity index is 695. The Morgan fingerprint density at radius 1 is 0.963 bits per heavy atom. The number of ether oxygens (including phenoxy) is 1. The van der Waals surface area contributed by atoms with Crippen molar-refractivity contribution in [1.29, 1.82) is 0 Å². The zero-order chi connectivity index (χ0) is 18.9. The zero-order valence-electron chi connectivity index (χ0n) is 16.1. The van der Waals surface area contributed by atoms with Crippen molar-refractivity contribution in [2.75, 3.05) is 45.9 Å². The van der Waals surface area contributed by atoms with E-state index >= 15 is 0 Å². The average Bonchev–Trinajstić information content (AvgIpc) is 2.71. The minimum atomic E-state index is -0.0271. The van der Waals surface area contributed by atoms with Gasteiger partial charge in [0.25, 0.3) is 5.91 Å². The van der Waals surface area contributed by atoms with E-state index in [9.17, 15) is 4.79 Å². The van der Waals surface area contributed by atoms with Crippen molar-refractivity contribution >= 4 is 5.91 Å². The maximum atomic E-state index is 12.2. The molecule has 1 N–H and O–H groups in total. The number of nitrogens with zero attached hydrogens (tertiary/aromatic N) is 2. The van der Waals surface area contributed by atoms with Crippen LogP contribution in [0.2, 0.25) is 0 Å². The number of carbonyl (C=O) groups excluding carboxylic acids is 1. The van der Waals surface area contributed by atoms with Gasteiger partial charge in [-0.15, -0.1) is 0 Å². The Balaban J connectivity index is 1.34. The smallest absolute Gasteiger partial charge is 0.251 e. The number of amides is 1. The Kier molecular flexibility index (Phi) is 7.25. The SMILES string of the molecule is CCOc1ccc(C(=O)NCCN2CCN(Cc3ccccc3)CC2)cc1. The van der Waals surface area contributed by atoms with E-state index in [4.69, 9.17) is 4.74 Å². The van der Waals surface area contributed by atoms with Gasteiger partial charge in [0, 0.05) is 51.4 Å². The van der Waals surface area contributed by atoms with E-state index in [2.05, 4.69) is 45.4 Å². The number of hydrogen-bond donors (Lipinski definition) is 1. The van der Waals surface area contributed by atoms with Gasteiger partial charge >= 0.3 is 0 Å². The highest BCUT2D eigenvalue weighted by Crippen LogP contribution is 2.12. The van der Waals surface area contributed by atoms with Crippen molar-refractivity contribution in [3.8, 4) is 5.75 Å². The summed E-state index contributed by atoms with van der Waals surface area (Å²) in [6.45, 7) is 9.39. The number of piperazine rings is 1. The molecule has 1 heterocycles. The molecule has 2 aromatic rings. The summed E-state index contributed by atoms with van der Waals surface area (Å²) in [7, 11) is 0. The number of hydrogen-bond acceptors (Lipinski definition) is 4. The van der Waals surface area contributed by atoms with Gasteiger partial charge in [-0.25, -0.2) is 0 Å². The summed E-state index contributed by atoms with van der Waals surface area (Å²) in [5.41, 5.74) is 2.04. The predicted molar refractivity (Wildman–Crippen MR) is 108 cm³/mol. The van der Waals surface area contributed by atoms with E-state index in [1.807, 2.05) is 31.2 Å². The number of carbonyl (C=O) groups is 1. The molecule has 0 saturated carbocycles. The molecule has 0 atom stereocenters. The monoisotopic (exact) mass is 367 g/mol. The third kappa shape index (κ3) is 6.08. The second-order valence-corrected chi connectivity index (χ2v) is 6.82. The highest BCUT2D eigenvalue weighted by Gasteiger charge is 2.16. The summed E-state index contributed by atoms with van der Waals surface area (Å²) in [5, 5.41) is 3.01. The molecule has 5 heteroatoms. The fourth-order valence-electron chi connectivity index (χ4n) is 3.31. The molecule has 1 aliphatic heterocycles. The van der Waals surface area contributed by atoms with Gasteiger partial charge < -0.3 is 10.1 Å². The molecular weight excluding hydrogens is 338 g/mol. The van der Waals surface area contributed by atoms with E-state index in [0.29, 0.717) is 18.7 Å². The largest absolute Gasteiger partial charge is 0.494 e. The molecule has 0 unspecified atom stereocenters. The first-order valence-electron chi connectivity index (χ1n) is 9.74. The fourth-order valence-corrected chi connectivity index (χ4v) is 3.31. The van der Waals surface area contributed by atoms with E-state index in [-0.39, 0.29) is 5.91 Å². The van der Waals surface area contributed by atoms with Gasteiger partial charge in [0.1, 0.15) is 5.75 Å². The zero-order valence-corrected chi connectivity index (χ0v) is 16.1. The molecule has 1 fully saturated rings. The second-order valence-electron chi connectivity index (χ2n) is 6.82. The lowest BCUT2D eigenvalue weighted by atomic mass is 10.2. The van der Waals surface area contributed by atoms with Crippen molar-refractivity contribution in [3.63, 3.8) is 0 Å². The summed E-state index contributed by atoms with van der Waals surface area (Å²) in [5.74, 6) is 0.767. The third-order valence-corrected chi connectivity index (χ3v) is 4.86. The third-order valence-electron chi connectivity index (χ3n) is 4.86. The standard InChI is InChI=1S/C22H29N3O2/c1-2-27-21-10-8-20(9-11-21)22(26)23-12-13-24-14-16-25(17-15-24)18-19-6-4-3-5-7-19/h3-11H,2,12-18H2,1H3,(H,23,26). The van der Waals surface area contributed by atoms with Crippen LogP contribution < -0.4 is 10.1 Å². The van der Waals surface area contributed by atoms with Gasteiger partial charge in [0.2, 0.25) is 0 Å². The van der Waals surface area contributed by atoms with Gasteiger partial charge in [-0.3, -0.25) is 14.6 Å². The fraction of sp³-hybridized carbons (Fsp3) is 0.409. The van der Waals surface area contributed by atoms with Crippen LogP contribution in [-0.4, -0.2) is 61.6 Å². The van der Waals surface area contributed by atoms with E-state index < -0.39 is 0 Å². The molecule has 0 aromatic heterocycles. The van der Waals surface area contributed by atoms with Crippen LogP contribution in [0.25, 0.3) is 0 Å². The predicted octanol–water partition coefficient (Wildman–Crippen LogP) is 2.63. The summed E-state index contributed by atoms with van der Waals surface area (Å²) in [4.78, 5) is 17.1. The summed E-state index contributed by atoms with van der Waals surface area (Å²) in [6.07, 6.45) is 0. The molecule has 1 saturated heterocycles. The van der Waals surface area contributed by atoms with Crippen molar-refractivity contribution in [1.82, 2.24) is 15.1 Å². The molecule has 5 nitrogen and oxygen atoms in total. The minimum Gasteiger partial charge on any atom is -0.494 e. The van der Waals surface area contributed by atoms with Crippen LogP contribution in [-0.2, 0) is 6.54 Å². The molecule has 1 amide bonds. The summed E-state index contributed by atoms with van der Waals surface area (Å²) in [6, 6.07) is 17.9. The van der Waals surface area contributed by atoms with Crippen LogP contribution in [0.5, 0.6) is 5.75 Å². The van der Waals surface area contributed by atoms with Crippen LogP contribution in [0.4, 0.5) is 0 Å². The minimum absolute atomic E-state index is 0.0271. The maximum Gasteiger partial charge on any atom is 0.251 e. The molecule has 144 valence electrons. The van der Waals surface area contributed by atoms with Gasteiger partial charge in [-0.2, -0.15) is 0 Å². The molecule has 2 aromatic carbocycles. The molecule has 0 radical (unpaired) electrons. The molecular formula is C22H29N3O2. The van der Waals surface area contributed by atoms with Crippen LogP contribution in [0.3, 0.4) is 0 Å². The Morgan fingerprint density at radius 2 is 1.63 bits per heavy atom. The van der Waals surface area contributed by atoms with Crippen molar-refractivity contribution in [2.24, 2.45) is 0 Å². The normalized spacial score (nSPS) is 15.4. The highest BCUT2D eigenvalue weighted by atomic mass is 16.5. The lowest BCUT2D eigenvalue weighted by molar-refractivity contribution is 0.0934. The molecule has 3 rings (SSSR count). The lowest BCUT2D eigenvalue weighted by Gasteiger charge is -2.34. The first-order chi connectivity index (χ1) is 13.2. The quantitative estimate of drug-likeness (QED) is 0.779. The van der Waals surface area contributed by atoms with Gasteiger partial charge in [0.05, 0.1) is 6.61 Å². The van der Waals surface area contributed by atoms with E-state index in [1.54, 1.807) is 0 Å². The Hall–Kier alpha value is -2.37. The number of nitrogens with one attached hydrogen (secondary N) is 1. The van der Waals surface area contributed by atoms with Crippen LogP contribution >= 0.6 is 0 Å². The van der Waals surface area contributed by atoms with Crippen LogP contribution in [0.15, 0.2) is 54.6 Å². The Morgan fingerprint density at radius 3 is 2.30 bits per heavy atom.